The molecule has 0 saturated carbocycles. The van der Waals surface area contributed by atoms with Crippen molar-refractivity contribution in [3.8, 4) is 11.5 Å². The minimum Gasteiger partial charge on any atom is -0.507 e. The van der Waals surface area contributed by atoms with Gasteiger partial charge in [0.1, 0.15) is 35.9 Å². The lowest BCUT2D eigenvalue weighted by Gasteiger charge is -2.45. The second kappa shape index (κ2) is 22.5. The summed E-state index contributed by atoms with van der Waals surface area (Å²) >= 11 is 0. The van der Waals surface area contributed by atoms with E-state index in [-0.39, 0.29) is 59.4 Å². The molecule has 6 heterocycles. The monoisotopic (exact) mass is 1050 g/mol. The summed E-state index contributed by atoms with van der Waals surface area (Å²) in [4.78, 5) is 28.1. The van der Waals surface area contributed by atoms with E-state index in [4.69, 9.17) is 56.8 Å². The topological polar surface area (TPSA) is 266 Å². The van der Waals surface area contributed by atoms with Crippen molar-refractivity contribution in [3.63, 3.8) is 0 Å². The molecule has 22 atom stereocenters. The van der Waals surface area contributed by atoms with Crippen LogP contribution in [0.2, 0.25) is 0 Å². The minimum atomic E-state index is -1.10. The van der Waals surface area contributed by atoms with Gasteiger partial charge in [-0.05, 0) is 90.5 Å². The average molecular weight is 1050 g/mol. The maximum atomic E-state index is 14.1. The van der Waals surface area contributed by atoms with E-state index in [0.29, 0.717) is 36.5 Å². The van der Waals surface area contributed by atoms with Gasteiger partial charge in [-0.3, -0.25) is 9.59 Å². The van der Waals surface area contributed by atoms with E-state index in [9.17, 15) is 40.2 Å². The van der Waals surface area contributed by atoms with Gasteiger partial charge in [-0.25, -0.2) is 0 Å². The highest BCUT2D eigenvalue weighted by Crippen LogP contribution is 2.42. The smallest absolute Gasteiger partial charge is 0.202 e. The number of phenolic OH excluding ortho intramolecular Hbond substituents is 1. The first-order valence-electron chi connectivity index (χ1n) is 26.6. The van der Waals surface area contributed by atoms with E-state index >= 15 is 0 Å². The lowest BCUT2D eigenvalue weighted by Crippen LogP contribution is -2.56. The number of aliphatic hydroxyl groups is 5. The summed E-state index contributed by atoms with van der Waals surface area (Å²) in [6, 6.07) is 11.4. The maximum Gasteiger partial charge on any atom is 0.202 e. The fourth-order valence-corrected chi connectivity index (χ4v) is 11.7. The number of hydrogen-bond donors (Lipinski definition) is 6. The maximum absolute atomic E-state index is 14.1. The van der Waals surface area contributed by atoms with Crippen LogP contribution in [0.1, 0.15) is 130 Å². The van der Waals surface area contributed by atoms with Gasteiger partial charge in [-0.15, -0.1) is 0 Å². The van der Waals surface area contributed by atoms with Crippen molar-refractivity contribution in [1.82, 2.24) is 0 Å². The Labute approximate surface area is 435 Å². The molecule has 0 radical (unpaired) electrons. The number of phenols is 1. The van der Waals surface area contributed by atoms with E-state index < -0.39 is 147 Å². The van der Waals surface area contributed by atoms with Gasteiger partial charge in [0.2, 0.25) is 6.29 Å². The van der Waals surface area contributed by atoms with Crippen LogP contribution in [0, 0.1) is 6.92 Å². The second-order valence-electron chi connectivity index (χ2n) is 21.5. The molecule has 6 saturated heterocycles. The highest BCUT2D eigenvalue weighted by molar-refractivity contribution is 6.33. The third-order valence-corrected chi connectivity index (χ3v) is 15.8. The fraction of sp³-hybridized carbons (Fsp3) is 0.673. The van der Waals surface area contributed by atoms with Crippen molar-refractivity contribution < 1.29 is 97.1 Å². The van der Waals surface area contributed by atoms with Crippen LogP contribution in [0.5, 0.6) is 11.5 Å². The summed E-state index contributed by atoms with van der Waals surface area (Å²) in [6.07, 6.45) is -13.8. The van der Waals surface area contributed by atoms with Crippen molar-refractivity contribution in [2.24, 2.45) is 0 Å². The van der Waals surface area contributed by atoms with E-state index in [2.05, 4.69) is 0 Å². The van der Waals surface area contributed by atoms with Crippen LogP contribution >= 0.6 is 0 Å². The molecule has 0 unspecified atom stereocenters. The Bertz CT molecular complexity index is 2500. The van der Waals surface area contributed by atoms with Crippen molar-refractivity contribution in [2.45, 2.75) is 235 Å². The van der Waals surface area contributed by atoms with Gasteiger partial charge in [0, 0.05) is 60.6 Å². The standard InChI is InChI=1S/C55H72O20/c1-23-17-30-11-12-32-49(47(30)34(57)18-23)53(63)31-9-8-10-38(48(31)52(32)62)71-44-20-36(59)55(29(7)69-44)75-46-22-40(51(61)27(5)67-46)73-42-16-14-37(25(3)65-42)70-43-19-35(58)54(28(6)68-43)74-45-21-39(50(60)26(4)66-45)72-41-15-13-33(56)24(2)64-41/h8-12,17-18,24-29,33,35-37,39-46,50-51,54-61H,13-16,19-22H2,1-7H3/t24-,25-,26+,27+,28+,29+,33-,35+,36+,37-,39+,40+,41-,42-,43-,44-,45-,46-,50+,51+,54+,55+/m0/s1. The van der Waals surface area contributed by atoms with Crippen LogP contribution in [0.4, 0.5) is 0 Å². The second-order valence-corrected chi connectivity index (χ2v) is 21.5. The molecule has 412 valence electrons. The van der Waals surface area contributed by atoms with E-state index in [0.717, 1.165) is 5.56 Å². The van der Waals surface area contributed by atoms with Crippen molar-refractivity contribution in [3.05, 3.63) is 70.3 Å². The zero-order valence-electron chi connectivity index (χ0n) is 43.3. The Balaban J connectivity index is 0.691. The number of rotatable bonds is 12. The molecular weight excluding hydrogens is 981 g/mol. The zero-order chi connectivity index (χ0) is 53.1. The van der Waals surface area contributed by atoms with Gasteiger partial charge in [0.15, 0.2) is 43.0 Å². The van der Waals surface area contributed by atoms with E-state index in [1.54, 1.807) is 71.0 Å². The summed E-state index contributed by atoms with van der Waals surface area (Å²) in [5, 5.41) is 66.8. The highest BCUT2D eigenvalue weighted by atomic mass is 16.8. The molecule has 75 heavy (non-hydrogen) atoms. The lowest BCUT2D eigenvalue weighted by atomic mass is 9.81. The largest absolute Gasteiger partial charge is 0.507 e. The van der Waals surface area contributed by atoms with Gasteiger partial charge in [-0.1, -0.05) is 24.3 Å². The first kappa shape index (κ1) is 54.6. The molecule has 6 aliphatic heterocycles. The van der Waals surface area contributed by atoms with Crippen LogP contribution in [0.3, 0.4) is 0 Å². The Morgan fingerprint density at radius 2 is 0.987 bits per heavy atom. The molecule has 7 aliphatic rings. The molecule has 6 N–H and O–H groups in total. The molecule has 20 heteroatoms. The van der Waals surface area contributed by atoms with E-state index in [1.807, 2.05) is 19.9 Å². The fourth-order valence-electron chi connectivity index (χ4n) is 11.7. The van der Waals surface area contributed by atoms with Crippen LogP contribution in [-0.2, 0) is 52.1 Å². The quantitative estimate of drug-likeness (QED) is 0.115. The van der Waals surface area contributed by atoms with Crippen LogP contribution in [-0.4, -0.2) is 178 Å². The Morgan fingerprint density at radius 3 is 1.59 bits per heavy atom. The number of aromatic hydroxyl groups is 1. The van der Waals surface area contributed by atoms with Crippen LogP contribution in [0.15, 0.2) is 42.5 Å². The summed E-state index contributed by atoms with van der Waals surface area (Å²) in [6.45, 7) is 12.4. The van der Waals surface area contributed by atoms with Crippen molar-refractivity contribution >= 4 is 22.3 Å². The number of benzene rings is 3. The van der Waals surface area contributed by atoms with Crippen LogP contribution in [0.25, 0.3) is 10.8 Å². The highest BCUT2D eigenvalue weighted by Gasteiger charge is 2.48. The Kier molecular flexibility index (Phi) is 16.4. The predicted molar refractivity (Wildman–Crippen MR) is 262 cm³/mol. The molecule has 0 spiro atoms. The summed E-state index contributed by atoms with van der Waals surface area (Å²) in [7, 11) is 0. The number of aryl methyl sites for hydroxylation is 1. The molecule has 0 bridgehead atoms. The van der Waals surface area contributed by atoms with Crippen LogP contribution < -0.4 is 4.74 Å². The SMILES string of the molecule is Cc1cc(O)c2c3c(ccc2c1)C(=O)c1c(O[C@H]2C[C@@H](O)[C@H](O[C@H]4C[C@@H](O[C@H]5CC[C@H](O[C@H]6C[C@@H](O)[C@H](O[C@H]7C[C@@H](O[C@H]8CC[C@H](O)[C@H](C)O8)[C@H](O)[C@@H](C)O7)[C@@H](C)O6)[C@H](C)O5)[C@H](O)[C@@H](C)O4)[C@@H](C)O2)cccc1C3=O. The summed E-state index contributed by atoms with van der Waals surface area (Å²) in [5.41, 5.74) is 1.30. The molecule has 1 aliphatic carbocycles. The van der Waals surface area contributed by atoms with Gasteiger partial charge >= 0.3 is 0 Å². The third-order valence-electron chi connectivity index (χ3n) is 15.8. The molecule has 0 amide bonds. The Hall–Kier alpha value is -3.78. The molecule has 10 rings (SSSR count). The zero-order valence-corrected chi connectivity index (χ0v) is 43.3. The summed E-state index contributed by atoms with van der Waals surface area (Å²) in [5.74, 6) is -0.825. The van der Waals surface area contributed by atoms with Gasteiger partial charge < -0.3 is 87.5 Å². The molecule has 3 aromatic carbocycles. The molecule has 20 nitrogen and oxygen atoms in total. The number of fused-ring (bicyclic) bond motifs is 4. The Morgan fingerprint density at radius 1 is 0.480 bits per heavy atom. The number of carbonyl (C=O) groups is 2. The normalized spacial score (nSPS) is 41.5. The first-order chi connectivity index (χ1) is 35.8. The van der Waals surface area contributed by atoms with E-state index in [1.165, 1.54) is 0 Å². The number of hydrogen-bond acceptors (Lipinski definition) is 20. The molecular formula is C55H72O20. The van der Waals surface area contributed by atoms with Gasteiger partial charge in [0.05, 0.1) is 78.8 Å². The lowest BCUT2D eigenvalue weighted by molar-refractivity contribution is -0.340. The molecule has 0 aromatic heterocycles. The summed E-state index contributed by atoms with van der Waals surface area (Å²) < 4.78 is 74.3. The third kappa shape index (κ3) is 11.4. The molecule has 3 aromatic rings. The van der Waals surface area contributed by atoms with Crippen molar-refractivity contribution in [2.75, 3.05) is 0 Å². The average Bonchev–Trinajstić information content (AvgIpc) is 3.35. The van der Waals surface area contributed by atoms with Gasteiger partial charge in [0.25, 0.3) is 0 Å². The predicted octanol–water partition coefficient (Wildman–Crippen LogP) is 4.33. The number of ketones is 2. The number of aliphatic hydroxyl groups excluding tert-OH is 5. The number of ether oxygens (including phenoxy) is 12. The van der Waals surface area contributed by atoms with Gasteiger partial charge in [-0.2, -0.15) is 0 Å². The first-order valence-corrected chi connectivity index (χ1v) is 26.6. The number of carbonyl (C=O) groups excluding carboxylic acids is 2. The van der Waals surface area contributed by atoms with Crippen molar-refractivity contribution in [1.29, 1.82) is 0 Å². The minimum absolute atomic E-state index is 0.0453. The molecule has 6 fully saturated rings.